The normalized spacial score (nSPS) is 19.1. The number of carbonyl (C=O) groups excluding carboxylic acids is 2. The minimum absolute atomic E-state index is 0.0673. The van der Waals surface area contributed by atoms with Crippen LogP contribution in [0.3, 0.4) is 0 Å². The van der Waals surface area contributed by atoms with Crippen molar-refractivity contribution in [3.8, 4) is 0 Å². The predicted octanol–water partition coefficient (Wildman–Crippen LogP) is 4.27. The van der Waals surface area contributed by atoms with Crippen molar-refractivity contribution in [2.24, 2.45) is 0 Å². The van der Waals surface area contributed by atoms with Crippen molar-refractivity contribution >= 4 is 29.5 Å². The Kier molecular flexibility index (Phi) is 4.31. The summed E-state index contributed by atoms with van der Waals surface area (Å²) in [6, 6.07) is 2.68. The van der Waals surface area contributed by atoms with Gasteiger partial charge in [-0.3, -0.25) is 5.32 Å². The average molecular weight is 371 g/mol. The monoisotopic (exact) mass is 370 g/mol. The molecule has 2 aliphatic heterocycles. The summed E-state index contributed by atoms with van der Waals surface area (Å²) in [4.78, 5) is 25.7. The van der Waals surface area contributed by atoms with Crippen LogP contribution in [-0.2, 0) is 15.1 Å². The van der Waals surface area contributed by atoms with Gasteiger partial charge in [0.05, 0.1) is 10.7 Å². The van der Waals surface area contributed by atoms with Gasteiger partial charge in [0, 0.05) is 31.5 Å². The van der Waals surface area contributed by atoms with Crippen molar-refractivity contribution in [1.82, 2.24) is 4.90 Å². The largest absolute Gasteiger partial charge is 0.444 e. The molecule has 136 valence electrons. The van der Waals surface area contributed by atoms with E-state index in [9.17, 15) is 14.0 Å². The maximum absolute atomic E-state index is 13.9. The van der Waals surface area contributed by atoms with Crippen LogP contribution in [0.1, 0.15) is 39.2 Å². The van der Waals surface area contributed by atoms with E-state index in [1.54, 1.807) is 25.7 Å². The second-order valence-electron chi connectivity index (χ2n) is 7.29. The van der Waals surface area contributed by atoms with Gasteiger partial charge in [0.2, 0.25) is 0 Å². The number of halogens is 2. The third-order valence-electron chi connectivity index (χ3n) is 4.30. The number of ether oxygens (including phenoxy) is 2. The van der Waals surface area contributed by atoms with Crippen LogP contribution in [0.5, 0.6) is 0 Å². The van der Waals surface area contributed by atoms with Gasteiger partial charge in [0.1, 0.15) is 17.0 Å². The molecule has 1 aromatic carbocycles. The van der Waals surface area contributed by atoms with E-state index < -0.39 is 29.2 Å². The second kappa shape index (κ2) is 6.05. The van der Waals surface area contributed by atoms with Crippen LogP contribution in [0, 0.1) is 5.82 Å². The van der Waals surface area contributed by atoms with Crippen molar-refractivity contribution < 1.29 is 23.5 Å². The Labute approximate surface area is 150 Å². The average Bonchev–Trinajstić information content (AvgIpc) is 2.48. The van der Waals surface area contributed by atoms with E-state index in [-0.39, 0.29) is 5.02 Å². The van der Waals surface area contributed by atoms with E-state index in [0.717, 1.165) is 0 Å². The molecule has 6 nitrogen and oxygen atoms in total. The van der Waals surface area contributed by atoms with Gasteiger partial charge in [0.25, 0.3) is 0 Å². The van der Waals surface area contributed by atoms with Crippen molar-refractivity contribution in [3.05, 3.63) is 28.5 Å². The highest BCUT2D eigenvalue weighted by Gasteiger charge is 2.46. The van der Waals surface area contributed by atoms with Gasteiger partial charge in [0.15, 0.2) is 0 Å². The van der Waals surface area contributed by atoms with E-state index in [1.807, 2.05) is 0 Å². The maximum Gasteiger partial charge on any atom is 0.412 e. The smallest absolute Gasteiger partial charge is 0.412 e. The Morgan fingerprint density at radius 3 is 2.60 bits per heavy atom. The Bertz CT molecular complexity index is 724. The van der Waals surface area contributed by atoms with Crippen LogP contribution in [0.15, 0.2) is 12.1 Å². The molecule has 0 aliphatic carbocycles. The molecule has 2 heterocycles. The number of carbonyl (C=O) groups is 2. The lowest BCUT2D eigenvalue weighted by Gasteiger charge is -2.44. The summed E-state index contributed by atoms with van der Waals surface area (Å²) in [6.45, 7) is 6.08. The number of hydrogen-bond acceptors (Lipinski definition) is 4. The number of amides is 2. The van der Waals surface area contributed by atoms with Crippen molar-refractivity contribution in [2.75, 3.05) is 18.4 Å². The molecular formula is C17H20ClFN2O4. The number of hydrogen-bond donors (Lipinski definition) is 1. The van der Waals surface area contributed by atoms with Gasteiger partial charge in [-0.25, -0.2) is 14.0 Å². The first-order valence-corrected chi connectivity index (χ1v) is 8.45. The van der Waals surface area contributed by atoms with Crippen LogP contribution in [0.2, 0.25) is 5.02 Å². The topological polar surface area (TPSA) is 67.9 Å². The van der Waals surface area contributed by atoms with E-state index in [4.69, 9.17) is 21.1 Å². The Morgan fingerprint density at radius 2 is 2.00 bits per heavy atom. The molecule has 1 saturated heterocycles. The first kappa shape index (κ1) is 17.8. The minimum Gasteiger partial charge on any atom is -0.444 e. The molecule has 1 N–H and O–H groups in total. The summed E-state index contributed by atoms with van der Waals surface area (Å²) in [5.41, 5.74) is -0.576. The van der Waals surface area contributed by atoms with Crippen molar-refractivity contribution in [1.29, 1.82) is 0 Å². The molecule has 25 heavy (non-hydrogen) atoms. The highest BCUT2D eigenvalue weighted by atomic mass is 35.5. The van der Waals surface area contributed by atoms with E-state index in [1.165, 1.54) is 12.1 Å². The molecule has 3 rings (SSSR count). The zero-order valence-electron chi connectivity index (χ0n) is 14.3. The van der Waals surface area contributed by atoms with E-state index in [0.29, 0.717) is 37.2 Å². The number of benzene rings is 1. The lowest BCUT2D eigenvalue weighted by atomic mass is 9.82. The Hall–Kier alpha value is -2.02. The molecule has 0 unspecified atom stereocenters. The molecular weight excluding hydrogens is 351 g/mol. The predicted molar refractivity (Wildman–Crippen MR) is 90.2 cm³/mol. The quantitative estimate of drug-likeness (QED) is 0.740. The molecule has 0 saturated carbocycles. The highest BCUT2D eigenvalue weighted by molar-refractivity contribution is 6.31. The second-order valence-corrected chi connectivity index (χ2v) is 7.70. The number of anilines is 1. The zero-order valence-corrected chi connectivity index (χ0v) is 15.1. The summed E-state index contributed by atoms with van der Waals surface area (Å²) in [6.07, 6.45) is -0.312. The third-order valence-corrected chi connectivity index (χ3v) is 4.59. The van der Waals surface area contributed by atoms with Crippen LogP contribution >= 0.6 is 11.6 Å². The number of likely N-dealkylation sites (tertiary alicyclic amines) is 1. The lowest BCUT2D eigenvalue weighted by Crippen LogP contribution is -2.50. The summed E-state index contributed by atoms with van der Waals surface area (Å²) < 4.78 is 24.8. The van der Waals surface area contributed by atoms with Crippen molar-refractivity contribution in [2.45, 2.75) is 44.8 Å². The van der Waals surface area contributed by atoms with Crippen LogP contribution < -0.4 is 5.32 Å². The van der Waals surface area contributed by atoms with Gasteiger partial charge in [-0.05, 0) is 32.9 Å². The first-order chi connectivity index (χ1) is 11.6. The highest BCUT2D eigenvalue weighted by Crippen LogP contribution is 2.45. The molecule has 2 amide bonds. The van der Waals surface area contributed by atoms with Gasteiger partial charge < -0.3 is 14.4 Å². The number of fused-ring (bicyclic) bond motifs is 2. The molecule has 0 atom stereocenters. The van der Waals surface area contributed by atoms with Crippen LogP contribution in [0.4, 0.5) is 19.7 Å². The number of piperidine rings is 1. The van der Waals surface area contributed by atoms with Crippen LogP contribution in [-0.4, -0.2) is 35.8 Å². The zero-order chi connectivity index (χ0) is 18.4. The molecule has 1 fully saturated rings. The molecule has 0 radical (unpaired) electrons. The molecule has 2 aliphatic rings. The maximum atomic E-state index is 13.9. The fourth-order valence-electron chi connectivity index (χ4n) is 3.14. The minimum atomic E-state index is -0.971. The molecule has 0 bridgehead atoms. The fourth-order valence-corrected chi connectivity index (χ4v) is 3.31. The molecule has 1 spiro atoms. The van der Waals surface area contributed by atoms with Gasteiger partial charge >= 0.3 is 12.2 Å². The van der Waals surface area contributed by atoms with Gasteiger partial charge in [-0.1, -0.05) is 11.6 Å². The molecule has 8 heteroatoms. The summed E-state index contributed by atoms with van der Waals surface area (Å²) in [5, 5.41) is 2.48. The first-order valence-electron chi connectivity index (χ1n) is 8.07. The third kappa shape index (κ3) is 3.51. The standard InChI is InChI=1S/C17H20ClFN2O4/c1-16(2,3)25-15(23)21-6-4-17(5-7-21)10-8-12(19)11(18)9-13(10)20-14(22)24-17/h8-9H,4-7H2,1-3H3,(H,20,22). The number of nitrogens with one attached hydrogen (secondary N) is 1. The number of rotatable bonds is 0. The Balaban J connectivity index is 1.82. The van der Waals surface area contributed by atoms with E-state index in [2.05, 4.69) is 5.32 Å². The fraction of sp³-hybridized carbons (Fsp3) is 0.529. The summed E-state index contributed by atoms with van der Waals surface area (Å²) in [5.74, 6) is -0.575. The van der Waals surface area contributed by atoms with Gasteiger partial charge in [-0.2, -0.15) is 0 Å². The Morgan fingerprint density at radius 1 is 1.36 bits per heavy atom. The summed E-state index contributed by atoms with van der Waals surface area (Å²) in [7, 11) is 0. The van der Waals surface area contributed by atoms with Crippen molar-refractivity contribution in [3.63, 3.8) is 0 Å². The van der Waals surface area contributed by atoms with Gasteiger partial charge in [-0.15, -0.1) is 0 Å². The molecule has 0 aromatic heterocycles. The lowest BCUT2D eigenvalue weighted by molar-refractivity contribution is -0.0440. The van der Waals surface area contributed by atoms with Crippen LogP contribution in [0.25, 0.3) is 0 Å². The SMILES string of the molecule is CC(C)(C)OC(=O)N1CCC2(CC1)OC(=O)Nc1cc(Cl)c(F)cc12. The van der Waals surface area contributed by atoms with E-state index >= 15 is 0 Å². The summed E-state index contributed by atoms with van der Waals surface area (Å²) >= 11 is 5.81. The number of nitrogens with zero attached hydrogens (tertiary/aromatic N) is 1. The molecule has 1 aromatic rings.